The lowest BCUT2D eigenvalue weighted by molar-refractivity contribution is 0.851. The van der Waals surface area contributed by atoms with Crippen LogP contribution in [0.5, 0.6) is 0 Å². The van der Waals surface area contributed by atoms with Gasteiger partial charge in [0.05, 0.1) is 12.4 Å². The van der Waals surface area contributed by atoms with E-state index >= 15 is 0 Å². The van der Waals surface area contributed by atoms with Crippen LogP contribution in [0.4, 0.5) is 0 Å². The van der Waals surface area contributed by atoms with Crippen LogP contribution in [0.1, 0.15) is 24.0 Å². The lowest BCUT2D eigenvalue weighted by Crippen LogP contribution is -1.98. The lowest BCUT2D eigenvalue weighted by Gasteiger charge is -2.07. The molecular weight excluding hydrogens is 148 g/mol. The molecule has 0 N–H and O–H groups in total. The Morgan fingerprint density at radius 1 is 0.833 bits per heavy atom. The van der Waals surface area contributed by atoms with Gasteiger partial charge < -0.3 is 0 Å². The van der Waals surface area contributed by atoms with Gasteiger partial charge in [-0.05, 0) is 36.8 Å². The zero-order valence-corrected chi connectivity index (χ0v) is 7.03. The van der Waals surface area contributed by atoms with Gasteiger partial charge in [-0.1, -0.05) is 12.2 Å². The van der Waals surface area contributed by atoms with Gasteiger partial charge in [-0.2, -0.15) is 10.2 Å². The van der Waals surface area contributed by atoms with E-state index in [1.165, 1.54) is 11.1 Å². The fourth-order valence-electron chi connectivity index (χ4n) is 1.54. The second-order valence-corrected chi connectivity index (χ2v) is 3.09. The normalized spacial score (nSPS) is 19.0. The Morgan fingerprint density at radius 3 is 1.83 bits per heavy atom. The molecule has 0 aliphatic heterocycles. The van der Waals surface area contributed by atoms with Crippen molar-refractivity contribution in [2.75, 3.05) is 0 Å². The van der Waals surface area contributed by atoms with E-state index in [1.807, 2.05) is 12.4 Å². The number of aromatic nitrogens is 2. The fourth-order valence-corrected chi connectivity index (χ4v) is 1.54. The number of nitrogens with zero attached hydrogens (tertiary/aromatic N) is 2. The summed E-state index contributed by atoms with van der Waals surface area (Å²) in [6.07, 6.45) is 12.8. The van der Waals surface area contributed by atoms with Crippen molar-refractivity contribution in [1.82, 2.24) is 10.2 Å². The highest BCUT2D eigenvalue weighted by Crippen LogP contribution is 2.13. The maximum Gasteiger partial charge on any atom is 0.0531 e. The molecule has 1 aromatic heterocycles. The molecule has 1 aliphatic rings. The minimum Gasteiger partial charge on any atom is -0.159 e. The predicted octanol–water partition coefficient (Wildman–Crippen LogP) is 1.91. The SMILES string of the molecule is C1=C\CCc2cnncc2CC/1. The highest BCUT2D eigenvalue weighted by molar-refractivity contribution is 5.22. The molecule has 0 fully saturated rings. The topological polar surface area (TPSA) is 25.8 Å². The quantitative estimate of drug-likeness (QED) is 0.542. The van der Waals surface area contributed by atoms with Crippen LogP contribution in [0.15, 0.2) is 24.5 Å². The third-order valence-corrected chi connectivity index (χ3v) is 2.23. The Kier molecular flexibility index (Phi) is 2.16. The molecule has 1 heterocycles. The van der Waals surface area contributed by atoms with E-state index in [1.54, 1.807) is 0 Å². The molecule has 2 heteroatoms. The Hall–Kier alpha value is -1.18. The summed E-state index contributed by atoms with van der Waals surface area (Å²) in [6, 6.07) is 0. The van der Waals surface area contributed by atoms with Crippen LogP contribution in [0, 0.1) is 0 Å². The molecule has 1 aliphatic carbocycles. The van der Waals surface area contributed by atoms with Gasteiger partial charge in [0.15, 0.2) is 0 Å². The number of hydrogen-bond donors (Lipinski definition) is 0. The molecule has 0 amide bonds. The molecule has 0 spiro atoms. The van der Waals surface area contributed by atoms with E-state index < -0.39 is 0 Å². The first-order valence-corrected chi connectivity index (χ1v) is 4.40. The van der Waals surface area contributed by atoms with Crippen molar-refractivity contribution in [3.05, 3.63) is 35.7 Å². The van der Waals surface area contributed by atoms with Gasteiger partial charge in [-0.15, -0.1) is 0 Å². The van der Waals surface area contributed by atoms with Crippen LogP contribution in [0.2, 0.25) is 0 Å². The predicted molar refractivity (Wildman–Crippen MR) is 47.8 cm³/mol. The Balaban J connectivity index is 2.29. The first kappa shape index (κ1) is 7.47. The summed E-state index contributed by atoms with van der Waals surface area (Å²) in [7, 11) is 0. The van der Waals surface area contributed by atoms with Crippen molar-refractivity contribution in [3.63, 3.8) is 0 Å². The molecule has 2 rings (SSSR count). The molecular formula is C10H12N2. The summed E-state index contributed by atoms with van der Waals surface area (Å²) in [4.78, 5) is 0. The zero-order chi connectivity index (χ0) is 8.23. The average Bonchev–Trinajstić information content (AvgIpc) is 2.06. The van der Waals surface area contributed by atoms with Gasteiger partial charge >= 0.3 is 0 Å². The van der Waals surface area contributed by atoms with Crippen LogP contribution in [-0.4, -0.2) is 10.2 Å². The van der Waals surface area contributed by atoms with Crippen molar-refractivity contribution in [3.8, 4) is 0 Å². The summed E-state index contributed by atoms with van der Waals surface area (Å²) >= 11 is 0. The lowest BCUT2D eigenvalue weighted by atomic mass is 10.00. The standard InChI is InChI=1S/C10H12N2/c1-2-4-6-10-8-12-11-7-9(10)5-3-1/h1-2,7-8H,3-6H2/b2-1-. The molecule has 0 aromatic carbocycles. The number of allylic oxidation sites excluding steroid dienone is 2. The Labute approximate surface area is 72.3 Å². The summed E-state index contributed by atoms with van der Waals surface area (Å²) in [6.45, 7) is 0. The van der Waals surface area contributed by atoms with E-state index in [9.17, 15) is 0 Å². The van der Waals surface area contributed by atoms with Gasteiger partial charge in [-0.25, -0.2) is 0 Å². The van der Waals surface area contributed by atoms with Crippen molar-refractivity contribution >= 4 is 0 Å². The number of rotatable bonds is 0. The number of aryl methyl sites for hydroxylation is 2. The summed E-state index contributed by atoms with van der Waals surface area (Å²) in [5, 5.41) is 7.79. The molecule has 12 heavy (non-hydrogen) atoms. The van der Waals surface area contributed by atoms with Crippen LogP contribution in [0.25, 0.3) is 0 Å². The molecule has 0 radical (unpaired) electrons. The molecule has 62 valence electrons. The molecule has 0 atom stereocenters. The molecule has 0 unspecified atom stereocenters. The Morgan fingerprint density at radius 2 is 1.33 bits per heavy atom. The second-order valence-electron chi connectivity index (χ2n) is 3.09. The molecule has 0 bridgehead atoms. The van der Waals surface area contributed by atoms with Gasteiger partial charge in [0.25, 0.3) is 0 Å². The van der Waals surface area contributed by atoms with Gasteiger partial charge in [0.2, 0.25) is 0 Å². The van der Waals surface area contributed by atoms with Crippen molar-refractivity contribution in [2.45, 2.75) is 25.7 Å². The first-order valence-electron chi connectivity index (χ1n) is 4.40. The van der Waals surface area contributed by atoms with Crippen LogP contribution in [-0.2, 0) is 12.8 Å². The van der Waals surface area contributed by atoms with E-state index in [-0.39, 0.29) is 0 Å². The third kappa shape index (κ3) is 1.52. The minimum absolute atomic E-state index is 1.11. The molecule has 0 saturated heterocycles. The fraction of sp³-hybridized carbons (Fsp3) is 0.400. The molecule has 2 nitrogen and oxygen atoms in total. The average molecular weight is 160 g/mol. The molecule has 1 aromatic rings. The van der Waals surface area contributed by atoms with E-state index in [0.717, 1.165) is 25.7 Å². The van der Waals surface area contributed by atoms with Crippen LogP contribution in [0.3, 0.4) is 0 Å². The van der Waals surface area contributed by atoms with Crippen molar-refractivity contribution in [2.24, 2.45) is 0 Å². The second kappa shape index (κ2) is 3.48. The summed E-state index contributed by atoms with van der Waals surface area (Å²) < 4.78 is 0. The molecule has 0 saturated carbocycles. The number of fused-ring (bicyclic) bond motifs is 1. The van der Waals surface area contributed by atoms with Crippen LogP contribution >= 0.6 is 0 Å². The number of hydrogen-bond acceptors (Lipinski definition) is 2. The maximum absolute atomic E-state index is 3.90. The highest BCUT2D eigenvalue weighted by Gasteiger charge is 2.03. The van der Waals surface area contributed by atoms with Crippen LogP contribution < -0.4 is 0 Å². The van der Waals surface area contributed by atoms with Crippen molar-refractivity contribution < 1.29 is 0 Å². The largest absolute Gasteiger partial charge is 0.159 e. The maximum atomic E-state index is 3.90. The first-order chi connectivity index (χ1) is 5.97. The summed E-state index contributed by atoms with van der Waals surface area (Å²) in [5.74, 6) is 0. The van der Waals surface area contributed by atoms with Crippen molar-refractivity contribution in [1.29, 1.82) is 0 Å². The third-order valence-electron chi connectivity index (χ3n) is 2.23. The van der Waals surface area contributed by atoms with E-state index in [2.05, 4.69) is 22.3 Å². The highest BCUT2D eigenvalue weighted by atomic mass is 15.1. The van der Waals surface area contributed by atoms with Gasteiger partial charge in [0, 0.05) is 0 Å². The Bertz CT molecular complexity index is 263. The summed E-state index contributed by atoms with van der Waals surface area (Å²) in [5.41, 5.74) is 2.74. The van der Waals surface area contributed by atoms with E-state index in [4.69, 9.17) is 0 Å². The van der Waals surface area contributed by atoms with E-state index in [0.29, 0.717) is 0 Å². The zero-order valence-electron chi connectivity index (χ0n) is 7.03. The smallest absolute Gasteiger partial charge is 0.0531 e. The van der Waals surface area contributed by atoms with Gasteiger partial charge in [0.1, 0.15) is 0 Å². The minimum atomic E-state index is 1.11. The van der Waals surface area contributed by atoms with Gasteiger partial charge in [-0.3, -0.25) is 0 Å². The monoisotopic (exact) mass is 160 g/mol.